The van der Waals surface area contributed by atoms with E-state index in [1.807, 2.05) is 12.1 Å². The second-order valence-electron chi connectivity index (χ2n) is 8.26. The highest BCUT2D eigenvalue weighted by Crippen LogP contribution is 2.51. The minimum atomic E-state index is -4.58. The number of methoxy groups -OCH3 is 1. The largest absolute Gasteiger partial charge is 0.417 e. The fourth-order valence-electron chi connectivity index (χ4n) is 4.77. The predicted octanol–water partition coefficient (Wildman–Crippen LogP) is 6.93. The van der Waals surface area contributed by atoms with Gasteiger partial charge in [0.1, 0.15) is 0 Å². The van der Waals surface area contributed by atoms with Crippen LogP contribution in [0.25, 0.3) is 0 Å². The zero-order chi connectivity index (χ0) is 24.6. The Labute approximate surface area is 210 Å². The molecule has 1 aliphatic heterocycles. The summed E-state index contributed by atoms with van der Waals surface area (Å²) in [6, 6.07) is 7.56. The highest BCUT2D eigenvalue weighted by Gasteiger charge is 2.42. The molecule has 0 bridgehead atoms. The van der Waals surface area contributed by atoms with Gasteiger partial charge < -0.3 is 4.74 Å². The molecule has 1 aliphatic rings. The Morgan fingerprint density at radius 2 is 1.94 bits per heavy atom. The van der Waals surface area contributed by atoms with Gasteiger partial charge in [0.2, 0.25) is 0 Å². The number of ether oxygens (including phenoxy) is 1. The van der Waals surface area contributed by atoms with Gasteiger partial charge in [0, 0.05) is 41.9 Å². The molecular weight excluding hydrogens is 506 g/mol. The number of hydrogen-bond donors (Lipinski definition) is 1. The lowest BCUT2D eigenvalue weighted by Crippen LogP contribution is -2.45. The van der Waals surface area contributed by atoms with Gasteiger partial charge in [-0.15, -0.1) is 11.8 Å². The number of fused-ring (bicyclic) bond motifs is 1. The first kappa shape index (κ1) is 25.4. The van der Waals surface area contributed by atoms with E-state index in [9.17, 15) is 13.2 Å². The van der Waals surface area contributed by atoms with E-state index in [4.69, 9.17) is 27.9 Å². The summed E-state index contributed by atoms with van der Waals surface area (Å²) >= 11 is 14.4. The smallest absolute Gasteiger partial charge is 0.383 e. The molecule has 2 unspecified atom stereocenters. The second-order valence-corrected chi connectivity index (χ2v) is 9.83. The average molecular weight is 530 g/mol. The van der Waals surface area contributed by atoms with Crippen molar-refractivity contribution < 1.29 is 17.9 Å². The van der Waals surface area contributed by atoms with Gasteiger partial charge in [-0.3, -0.25) is 10.00 Å². The summed E-state index contributed by atoms with van der Waals surface area (Å²) in [4.78, 5) is 2.17. The predicted molar refractivity (Wildman–Crippen MR) is 130 cm³/mol. The van der Waals surface area contributed by atoms with Crippen LogP contribution in [0.2, 0.25) is 10.0 Å². The fourth-order valence-corrected chi connectivity index (χ4v) is 6.40. The second kappa shape index (κ2) is 10.1. The van der Waals surface area contributed by atoms with E-state index >= 15 is 0 Å². The van der Waals surface area contributed by atoms with Crippen LogP contribution in [0.15, 0.2) is 41.6 Å². The van der Waals surface area contributed by atoms with Crippen molar-refractivity contribution >= 4 is 35.0 Å². The molecule has 4 rings (SSSR count). The van der Waals surface area contributed by atoms with E-state index in [1.54, 1.807) is 25.8 Å². The van der Waals surface area contributed by atoms with E-state index < -0.39 is 17.8 Å². The number of rotatable bonds is 6. The van der Waals surface area contributed by atoms with E-state index in [2.05, 4.69) is 27.2 Å². The SMILES string of the molecule is COCC1Cc2ccccc2CN1C(c1cn[nH]c1)c1c(Cl)c(C)c(C(F)(F)F)c(SC)c1Cl. The third kappa shape index (κ3) is 4.58. The Hall–Kier alpha value is -1.71. The van der Waals surface area contributed by atoms with Gasteiger partial charge in [0.05, 0.1) is 34.5 Å². The van der Waals surface area contributed by atoms with Crippen molar-refractivity contribution in [3.8, 4) is 0 Å². The number of aromatic amines is 1. The van der Waals surface area contributed by atoms with Gasteiger partial charge in [-0.1, -0.05) is 47.5 Å². The Balaban J connectivity index is 1.96. The lowest BCUT2D eigenvalue weighted by atomic mass is 9.88. The first-order valence-electron chi connectivity index (χ1n) is 10.6. The van der Waals surface area contributed by atoms with Crippen molar-refractivity contribution in [2.45, 2.75) is 43.0 Å². The van der Waals surface area contributed by atoms with E-state index in [-0.39, 0.29) is 26.5 Å². The molecule has 1 aromatic heterocycles. The van der Waals surface area contributed by atoms with Gasteiger partial charge in [-0.25, -0.2) is 0 Å². The highest BCUT2D eigenvalue weighted by atomic mass is 35.5. The van der Waals surface area contributed by atoms with Crippen LogP contribution in [0.4, 0.5) is 13.2 Å². The summed E-state index contributed by atoms with van der Waals surface area (Å²) in [6.07, 6.45) is 1.12. The maximum Gasteiger partial charge on any atom is 0.417 e. The zero-order valence-corrected chi connectivity index (χ0v) is 21.2. The van der Waals surface area contributed by atoms with Crippen LogP contribution < -0.4 is 0 Å². The molecule has 182 valence electrons. The molecule has 0 aliphatic carbocycles. The Morgan fingerprint density at radius 1 is 1.24 bits per heavy atom. The Kier molecular flexibility index (Phi) is 7.55. The molecule has 4 nitrogen and oxygen atoms in total. The van der Waals surface area contributed by atoms with Crippen LogP contribution in [0.3, 0.4) is 0 Å². The summed E-state index contributed by atoms with van der Waals surface area (Å²) in [6.45, 7) is 2.39. The summed E-state index contributed by atoms with van der Waals surface area (Å²) < 4.78 is 47.5. The minimum Gasteiger partial charge on any atom is -0.383 e. The van der Waals surface area contributed by atoms with Gasteiger partial charge in [0.25, 0.3) is 0 Å². The number of thioether (sulfide) groups is 1. The maximum atomic E-state index is 14.0. The van der Waals surface area contributed by atoms with Crippen LogP contribution in [0.1, 0.15) is 39.4 Å². The van der Waals surface area contributed by atoms with Gasteiger partial charge in [-0.05, 0) is 36.3 Å². The molecule has 1 N–H and O–H groups in total. The molecule has 0 spiro atoms. The number of aromatic nitrogens is 2. The molecule has 0 saturated heterocycles. The van der Waals surface area contributed by atoms with Crippen molar-refractivity contribution in [3.05, 3.63) is 80.1 Å². The number of benzene rings is 2. The molecule has 0 radical (unpaired) electrons. The monoisotopic (exact) mass is 529 g/mol. The summed E-state index contributed by atoms with van der Waals surface area (Å²) in [5.74, 6) is 0. The third-order valence-electron chi connectivity index (χ3n) is 6.29. The minimum absolute atomic E-state index is 0.0105. The number of nitrogens with zero attached hydrogens (tertiary/aromatic N) is 2. The normalized spacial score (nSPS) is 17.6. The molecule has 0 amide bonds. The fraction of sp³-hybridized carbons (Fsp3) is 0.375. The van der Waals surface area contributed by atoms with Crippen LogP contribution in [0.5, 0.6) is 0 Å². The van der Waals surface area contributed by atoms with Crippen LogP contribution in [-0.4, -0.2) is 41.1 Å². The molecule has 0 saturated carbocycles. The van der Waals surface area contributed by atoms with Gasteiger partial charge in [-0.2, -0.15) is 18.3 Å². The number of halogens is 5. The van der Waals surface area contributed by atoms with Crippen molar-refractivity contribution in [1.82, 2.24) is 15.1 Å². The Bertz CT molecular complexity index is 1170. The quantitative estimate of drug-likeness (QED) is 0.351. The van der Waals surface area contributed by atoms with E-state index in [1.165, 1.54) is 12.5 Å². The summed E-state index contributed by atoms with van der Waals surface area (Å²) in [5.41, 5.74) is 2.74. The number of nitrogens with one attached hydrogen (secondary N) is 1. The van der Waals surface area contributed by atoms with E-state index in [0.717, 1.165) is 29.3 Å². The zero-order valence-electron chi connectivity index (χ0n) is 18.8. The van der Waals surface area contributed by atoms with Crippen molar-refractivity contribution in [2.75, 3.05) is 20.0 Å². The molecule has 0 fully saturated rings. The maximum absolute atomic E-state index is 14.0. The number of alkyl halides is 3. The molecular formula is C24H24Cl2F3N3OS. The number of H-pyrrole nitrogens is 1. The van der Waals surface area contributed by atoms with Crippen LogP contribution in [-0.2, 0) is 23.9 Å². The van der Waals surface area contributed by atoms with Crippen LogP contribution >= 0.6 is 35.0 Å². The molecule has 10 heteroatoms. The van der Waals surface area contributed by atoms with E-state index in [0.29, 0.717) is 18.7 Å². The number of hydrogen-bond acceptors (Lipinski definition) is 4. The molecule has 2 atom stereocenters. The lowest BCUT2D eigenvalue weighted by molar-refractivity contribution is -0.140. The Morgan fingerprint density at radius 3 is 2.53 bits per heavy atom. The highest BCUT2D eigenvalue weighted by molar-refractivity contribution is 7.98. The standard InChI is InChI=1S/C24H24Cl2F3N3OS/c1-13-19(24(27,28)29)23(34-3)21(26)18(20(13)25)22(16-9-30-31-10-16)32-11-15-7-5-4-6-14(15)8-17(32)12-33-2/h4-7,9-10,17,22H,8,11-12H2,1-3H3,(H,30,31). The topological polar surface area (TPSA) is 41.1 Å². The van der Waals surface area contributed by atoms with Crippen molar-refractivity contribution in [3.63, 3.8) is 0 Å². The first-order valence-corrected chi connectivity index (χ1v) is 12.6. The molecule has 3 aromatic rings. The van der Waals surface area contributed by atoms with Crippen molar-refractivity contribution in [1.29, 1.82) is 0 Å². The van der Waals surface area contributed by atoms with Crippen LogP contribution in [0, 0.1) is 6.92 Å². The third-order valence-corrected chi connectivity index (χ3v) is 8.09. The summed E-state index contributed by atoms with van der Waals surface area (Å²) in [5, 5.41) is 6.95. The summed E-state index contributed by atoms with van der Waals surface area (Å²) in [7, 11) is 1.64. The first-order chi connectivity index (χ1) is 16.2. The van der Waals surface area contributed by atoms with Crippen molar-refractivity contribution in [2.24, 2.45) is 0 Å². The molecule has 2 aromatic carbocycles. The van der Waals surface area contributed by atoms with Gasteiger partial charge in [0.15, 0.2) is 0 Å². The van der Waals surface area contributed by atoms with Gasteiger partial charge >= 0.3 is 6.18 Å². The lowest BCUT2D eigenvalue weighted by Gasteiger charge is -2.42. The molecule has 34 heavy (non-hydrogen) atoms. The average Bonchev–Trinajstić information content (AvgIpc) is 3.32. The molecule has 2 heterocycles.